The lowest BCUT2D eigenvalue weighted by atomic mass is 10.3. The van der Waals surface area contributed by atoms with Crippen molar-refractivity contribution in [2.45, 2.75) is 0 Å². The summed E-state index contributed by atoms with van der Waals surface area (Å²) in [4.78, 5) is 0. The first-order chi connectivity index (χ1) is 9.81. The molecule has 0 saturated carbocycles. The Bertz CT molecular complexity index is 653. The standard InChI is InChI=1S/C14H10O5P/c15-20(9-1-3-11-13(5-9)18-7-16-11)10-2-4-12-14(6-10)19-8-17-12/h1-6H,7-8H2. The first kappa shape index (κ1) is 11.6. The summed E-state index contributed by atoms with van der Waals surface area (Å²) >= 11 is 0. The molecule has 0 saturated heterocycles. The van der Waals surface area contributed by atoms with Crippen molar-refractivity contribution >= 4 is 18.4 Å². The maximum absolute atomic E-state index is 12.6. The molecule has 1 radical (unpaired) electrons. The van der Waals surface area contributed by atoms with Gasteiger partial charge in [-0.2, -0.15) is 0 Å². The molecule has 2 heterocycles. The predicted octanol–water partition coefficient (Wildman–Crippen LogP) is 1.92. The number of hydrogen-bond donors (Lipinski definition) is 0. The van der Waals surface area contributed by atoms with E-state index in [0.29, 0.717) is 33.6 Å². The number of rotatable bonds is 2. The molecule has 2 aliphatic heterocycles. The van der Waals surface area contributed by atoms with Gasteiger partial charge in [-0.25, -0.2) is 0 Å². The van der Waals surface area contributed by atoms with Crippen LogP contribution in [-0.4, -0.2) is 13.6 Å². The highest BCUT2D eigenvalue weighted by molar-refractivity contribution is 7.61. The second-order valence-electron chi connectivity index (χ2n) is 4.37. The van der Waals surface area contributed by atoms with Crippen LogP contribution in [0.5, 0.6) is 23.0 Å². The van der Waals surface area contributed by atoms with E-state index in [0.717, 1.165) is 0 Å². The molecule has 5 nitrogen and oxygen atoms in total. The normalized spacial score (nSPS) is 14.4. The molecule has 101 valence electrons. The minimum absolute atomic E-state index is 0.208. The van der Waals surface area contributed by atoms with Gasteiger partial charge in [0.25, 0.3) is 0 Å². The molecular formula is C14H10O5P. The van der Waals surface area contributed by atoms with Crippen LogP contribution in [0.15, 0.2) is 36.4 Å². The smallest absolute Gasteiger partial charge is 0.231 e. The molecule has 0 aliphatic carbocycles. The van der Waals surface area contributed by atoms with Crippen molar-refractivity contribution in [2.24, 2.45) is 0 Å². The molecule has 20 heavy (non-hydrogen) atoms. The van der Waals surface area contributed by atoms with Gasteiger partial charge in [0.15, 0.2) is 23.0 Å². The van der Waals surface area contributed by atoms with Gasteiger partial charge in [-0.1, -0.05) is 0 Å². The van der Waals surface area contributed by atoms with Gasteiger partial charge >= 0.3 is 0 Å². The minimum atomic E-state index is -1.70. The first-order valence-corrected chi connectivity index (χ1v) is 7.34. The third-order valence-electron chi connectivity index (χ3n) is 3.18. The van der Waals surface area contributed by atoms with E-state index in [2.05, 4.69) is 0 Å². The van der Waals surface area contributed by atoms with Gasteiger partial charge in [-0.15, -0.1) is 0 Å². The third-order valence-corrected chi connectivity index (χ3v) is 4.68. The molecule has 0 fully saturated rings. The molecule has 0 bridgehead atoms. The first-order valence-electron chi connectivity index (χ1n) is 6.08. The van der Waals surface area contributed by atoms with Crippen LogP contribution in [0.1, 0.15) is 0 Å². The van der Waals surface area contributed by atoms with Crippen LogP contribution < -0.4 is 29.6 Å². The van der Waals surface area contributed by atoms with E-state index in [1.165, 1.54) is 0 Å². The highest BCUT2D eigenvalue weighted by atomic mass is 31.1. The Morgan fingerprint density at radius 1 is 0.700 bits per heavy atom. The number of fused-ring (bicyclic) bond motifs is 2. The molecule has 2 aliphatic rings. The van der Waals surface area contributed by atoms with Crippen molar-refractivity contribution in [1.82, 2.24) is 0 Å². The predicted molar refractivity (Wildman–Crippen MR) is 72.0 cm³/mol. The van der Waals surface area contributed by atoms with Crippen LogP contribution in [0.3, 0.4) is 0 Å². The fourth-order valence-corrected chi connectivity index (χ4v) is 3.36. The summed E-state index contributed by atoms with van der Waals surface area (Å²) in [6.07, 6.45) is 0. The Kier molecular flexibility index (Phi) is 2.54. The van der Waals surface area contributed by atoms with Crippen LogP contribution in [0.25, 0.3) is 0 Å². The van der Waals surface area contributed by atoms with E-state index in [-0.39, 0.29) is 13.6 Å². The van der Waals surface area contributed by atoms with E-state index in [4.69, 9.17) is 18.9 Å². The molecule has 4 rings (SSSR count). The van der Waals surface area contributed by atoms with Gasteiger partial charge in [-0.05, 0) is 36.4 Å². The monoisotopic (exact) mass is 289 g/mol. The zero-order valence-electron chi connectivity index (χ0n) is 10.4. The fourth-order valence-electron chi connectivity index (χ4n) is 2.17. The van der Waals surface area contributed by atoms with Crippen molar-refractivity contribution in [2.75, 3.05) is 13.6 Å². The van der Waals surface area contributed by atoms with Crippen LogP contribution in [0, 0.1) is 0 Å². The lowest BCUT2D eigenvalue weighted by molar-refractivity contribution is 0.173. The number of ether oxygens (including phenoxy) is 4. The molecule has 6 heteroatoms. The van der Waals surface area contributed by atoms with Gasteiger partial charge in [0, 0.05) is 10.6 Å². The van der Waals surface area contributed by atoms with E-state index in [9.17, 15) is 4.57 Å². The third kappa shape index (κ3) is 1.79. The van der Waals surface area contributed by atoms with Crippen molar-refractivity contribution in [3.8, 4) is 23.0 Å². The molecule has 0 unspecified atom stereocenters. The van der Waals surface area contributed by atoms with Crippen LogP contribution >= 0.6 is 7.80 Å². The Balaban J connectivity index is 1.70. The topological polar surface area (TPSA) is 54.0 Å². The minimum Gasteiger partial charge on any atom is -0.454 e. The van der Waals surface area contributed by atoms with E-state index < -0.39 is 7.80 Å². The Labute approximate surface area is 115 Å². The summed E-state index contributed by atoms with van der Waals surface area (Å²) in [5, 5.41) is 1.39. The van der Waals surface area contributed by atoms with Gasteiger partial charge in [-0.3, -0.25) is 4.57 Å². The van der Waals surface area contributed by atoms with Crippen molar-refractivity contribution in [3.63, 3.8) is 0 Å². The van der Waals surface area contributed by atoms with Gasteiger partial charge < -0.3 is 18.9 Å². The average molecular weight is 289 g/mol. The summed E-state index contributed by atoms with van der Waals surface area (Å²) < 4.78 is 33.7. The SMILES string of the molecule is O=[P](c1ccc2c(c1)OCO2)c1ccc2c(c1)OCO2. The van der Waals surface area contributed by atoms with Crippen LogP contribution in [-0.2, 0) is 4.57 Å². The number of benzene rings is 2. The summed E-state index contributed by atoms with van der Waals surface area (Å²) in [7, 11) is -1.70. The van der Waals surface area contributed by atoms with Gasteiger partial charge in [0.2, 0.25) is 13.6 Å². The molecule has 2 aromatic rings. The Hall–Kier alpha value is -2.26. The van der Waals surface area contributed by atoms with Crippen molar-refractivity contribution in [1.29, 1.82) is 0 Å². The highest BCUT2D eigenvalue weighted by Gasteiger charge is 2.19. The molecule has 0 N–H and O–H groups in total. The fraction of sp³-hybridized carbons (Fsp3) is 0.143. The van der Waals surface area contributed by atoms with E-state index in [1.54, 1.807) is 36.4 Å². The second kappa shape index (κ2) is 4.39. The van der Waals surface area contributed by atoms with E-state index >= 15 is 0 Å². The maximum atomic E-state index is 12.6. The zero-order chi connectivity index (χ0) is 13.5. The second-order valence-corrected chi connectivity index (χ2v) is 5.99. The lowest BCUT2D eigenvalue weighted by Crippen LogP contribution is -2.06. The largest absolute Gasteiger partial charge is 0.454 e. The van der Waals surface area contributed by atoms with Gasteiger partial charge in [0.05, 0.1) is 0 Å². The highest BCUT2D eigenvalue weighted by Crippen LogP contribution is 2.36. The molecule has 0 atom stereocenters. The quantitative estimate of drug-likeness (QED) is 0.791. The summed E-state index contributed by atoms with van der Waals surface area (Å²) in [6.45, 7) is 0.416. The Morgan fingerprint density at radius 2 is 1.15 bits per heavy atom. The summed E-state index contributed by atoms with van der Waals surface area (Å²) in [6, 6.07) is 10.6. The lowest BCUT2D eigenvalue weighted by Gasteiger charge is -2.04. The van der Waals surface area contributed by atoms with Crippen LogP contribution in [0.2, 0.25) is 0 Å². The van der Waals surface area contributed by atoms with Crippen molar-refractivity contribution in [3.05, 3.63) is 36.4 Å². The Morgan fingerprint density at radius 3 is 1.65 bits per heavy atom. The molecule has 0 amide bonds. The summed E-state index contributed by atoms with van der Waals surface area (Å²) in [5.41, 5.74) is 0. The maximum Gasteiger partial charge on any atom is 0.231 e. The van der Waals surface area contributed by atoms with Gasteiger partial charge in [0.1, 0.15) is 7.80 Å². The molecule has 2 aromatic carbocycles. The average Bonchev–Trinajstić information content (AvgIpc) is 3.13. The number of hydrogen-bond acceptors (Lipinski definition) is 5. The zero-order valence-corrected chi connectivity index (χ0v) is 11.3. The molecule has 0 spiro atoms. The molecular weight excluding hydrogens is 279 g/mol. The summed E-state index contributed by atoms with van der Waals surface area (Å²) in [5.74, 6) is 2.63. The van der Waals surface area contributed by atoms with Crippen molar-refractivity contribution < 1.29 is 23.5 Å². The van der Waals surface area contributed by atoms with Crippen LogP contribution in [0.4, 0.5) is 0 Å². The van der Waals surface area contributed by atoms with E-state index in [1.807, 2.05) is 0 Å². The molecule has 0 aromatic heterocycles.